The molecule has 0 saturated heterocycles. The number of benzene rings is 1. The van der Waals surface area contributed by atoms with Gasteiger partial charge in [-0.3, -0.25) is 9.59 Å². The van der Waals surface area contributed by atoms with E-state index in [9.17, 15) is 14.7 Å². The lowest BCUT2D eigenvalue weighted by Gasteiger charge is -2.29. The molecule has 0 bridgehead atoms. The van der Waals surface area contributed by atoms with Gasteiger partial charge in [-0.25, -0.2) is 0 Å². The molecule has 0 spiro atoms. The first-order valence-electron chi connectivity index (χ1n) is 8.67. The number of amides is 1. The highest BCUT2D eigenvalue weighted by molar-refractivity contribution is 5.87. The molecule has 1 fully saturated rings. The monoisotopic (exact) mass is 345 g/mol. The van der Waals surface area contributed by atoms with E-state index in [-0.39, 0.29) is 30.7 Å². The Balaban J connectivity index is 1.49. The van der Waals surface area contributed by atoms with Crippen LogP contribution >= 0.6 is 0 Å². The Kier molecular flexibility index (Phi) is 5.26. The number of nitrogens with one attached hydrogen (secondary N) is 1. The van der Waals surface area contributed by atoms with E-state index in [0.29, 0.717) is 17.1 Å². The van der Waals surface area contributed by atoms with E-state index in [1.54, 1.807) is 6.07 Å². The van der Waals surface area contributed by atoms with E-state index in [1.807, 2.05) is 0 Å². The Labute approximate surface area is 146 Å². The van der Waals surface area contributed by atoms with E-state index >= 15 is 0 Å². The number of carbonyl (C=O) groups excluding carboxylic acids is 2. The molecule has 0 radical (unpaired) electrons. The van der Waals surface area contributed by atoms with Gasteiger partial charge in [0, 0.05) is 23.1 Å². The van der Waals surface area contributed by atoms with Crippen molar-refractivity contribution in [1.82, 2.24) is 5.32 Å². The molecule has 1 heterocycles. The van der Waals surface area contributed by atoms with Crippen LogP contribution in [-0.4, -0.2) is 29.6 Å². The fourth-order valence-corrected chi connectivity index (χ4v) is 3.34. The van der Waals surface area contributed by atoms with Crippen LogP contribution in [0.25, 0.3) is 11.0 Å². The van der Waals surface area contributed by atoms with Gasteiger partial charge in [0.25, 0.3) is 5.91 Å². The Morgan fingerprint density at radius 1 is 1.32 bits per heavy atom. The average molecular weight is 345 g/mol. The first-order valence-corrected chi connectivity index (χ1v) is 8.67. The molecule has 134 valence electrons. The number of aromatic hydroxyl groups is 1. The molecule has 2 N–H and O–H groups in total. The number of hydrogen-bond donors (Lipinski definition) is 2. The molecule has 2 aromatic rings. The van der Waals surface area contributed by atoms with E-state index in [1.165, 1.54) is 24.8 Å². The smallest absolute Gasteiger partial charge is 0.310 e. The van der Waals surface area contributed by atoms with Crippen molar-refractivity contribution < 1.29 is 23.8 Å². The SMILES string of the molecule is C[C@H]1CCCC[C@@H]1NC(=O)COC(=O)Cc1coc2cc(O)ccc12. The predicted molar refractivity (Wildman–Crippen MR) is 92.1 cm³/mol. The topological polar surface area (TPSA) is 88.8 Å². The van der Waals surface area contributed by atoms with Crippen molar-refractivity contribution in [3.63, 3.8) is 0 Å². The molecular weight excluding hydrogens is 322 g/mol. The van der Waals surface area contributed by atoms with Crippen LogP contribution in [0.15, 0.2) is 28.9 Å². The van der Waals surface area contributed by atoms with Crippen molar-refractivity contribution >= 4 is 22.8 Å². The molecule has 3 rings (SSSR count). The van der Waals surface area contributed by atoms with Gasteiger partial charge in [0.15, 0.2) is 6.61 Å². The van der Waals surface area contributed by atoms with Gasteiger partial charge < -0.3 is 19.6 Å². The third-order valence-corrected chi connectivity index (χ3v) is 4.80. The van der Waals surface area contributed by atoms with E-state index < -0.39 is 5.97 Å². The zero-order valence-corrected chi connectivity index (χ0v) is 14.3. The maximum atomic E-state index is 12.0. The zero-order valence-electron chi connectivity index (χ0n) is 14.3. The van der Waals surface area contributed by atoms with Gasteiger partial charge in [-0.05, 0) is 30.9 Å². The summed E-state index contributed by atoms with van der Waals surface area (Å²) < 4.78 is 10.4. The number of carbonyl (C=O) groups is 2. The van der Waals surface area contributed by atoms with E-state index in [0.717, 1.165) is 24.6 Å². The Morgan fingerprint density at radius 3 is 2.92 bits per heavy atom. The fraction of sp³-hybridized carbons (Fsp3) is 0.474. The van der Waals surface area contributed by atoms with Crippen LogP contribution in [-0.2, 0) is 20.7 Å². The summed E-state index contributed by atoms with van der Waals surface area (Å²) in [6.45, 7) is 1.87. The van der Waals surface area contributed by atoms with Crippen LogP contribution in [0, 0.1) is 5.92 Å². The number of phenols is 1. The molecule has 0 unspecified atom stereocenters. The molecule has 2 atom stereocenters. The zero-order chi connectivity index (χ0) is 17.8. The minimum atomic E-state index is -0.484. The number of ether oxygens (including phenoxy) is 1. The Hall–Kier alpha value is -2.50. The molecule has 0 aliphatic heterocycles. The maximum Gasteiger partial charge on any atom is 0.310 e. The highest BCUT2D eigenvalue weighted by atomic mass is 16.5. The van der Waals surface area contributed by atoms with E-state index in [2.05, 4.69) is 12.2 Å². The van der Waals surface area contributed by atoms with Gasteiger partial charge in [0.05, 0.1) is 12.7 Å². The highest BCUT2D eigenvalue weighted by Gasteiger charge is 2.23. The van der Waals surface area contributed by atoms with Crippen LogP contribution in [0.5, 0.6) is 5.75 Å². The molecule has 1 amide bonds. The lowest BCUT2D eigenvalue weighted by atomic mass is 9.86. The van der Waals surface area contributed by atoms with Crippen molar-refractivity contribution in [3.8, 4) is 5.75 Å². The maximum absolute atomic E-state index is 12.0. The lowest BCUT2D eigenvalue weighted by molar-refractivity contribution is -0.148. The average Bonchev–Trinajstić information content (AvgIpc) is 2.97. The number of phenolic OH excluding ortho intramolecular Hbond substituents is 1. The van der Waals surface area contributed by atoms with Crippen molar-refractivity contribution in [1.29, 1.82) is 0 Å². The molecule has 1 aliphatic carbocycles. The minimum Gasteiger partial charge on any atom is -0.508 e. The normalized spacial score (nSPS) is 20.4. The predicted octanol–water partition coefficient (Wildman–Crippen LogP) is 2.92. The highest BCUT2D eigenvalue weighted by Crippen LogP contribution is 2.25. The Morgan fingerprint density at radius 2 is 2.12 bits per heavy atom. The minimum absolute atomic E-state index is 0.0187. The first kappa shape index (κ1) is 17.3. The van der Waals surface area contributed by atoms with Crippen LogP contribution in [0.3, 0.4) is 0 Å². The molecule has 25 heavy (non-hydrogen) atoms. The number of rotatable bonds is 5. The Bertz CT molecular complexity index is 766. The summed E-state index contributed by atoms with van der Waals surface area (Å²) in [7, 11) is 0. The quantitative estimate of drug-likeness (QED) is 0.814. The van der Waals surface area contributed by atoms with Gasteiger partial charge in [0.2, 0.25) is 0 Å². The van der Waals surface area contributed by atoms with E-state index in [4.69, 9.17) is 9.15 Å². The second-order valence-electron chi connectivity index (χ2n) is 6.71. The number of furan rings is 1. The van der Waals surface area contributed by atoms with Crippen molar-refractivity contribution in [2.24, 2.45) is 5.92 Å². The molecule has 1 aromatic carbocycles. The van der Waals surface area contributed by atoms with Crippen molar-refractivity contribution in [2.75, 3.05) is 6.61 Å². The first-order chi connectivity index (χ1) is 12.0. The molecule has 1 aliphatic rings. The molecule has 1 saturated carbocycles. The van der Waals surface area contributed by atoms with Crippen LogP contribution in [0.1, 0.15) is 38.2 Å². The van der Waals surface area contributed by atoms with Crippen LogP contribution in [0.4, 0.5) is 0 Å². The van der Waals surface area contributed by atoms with Gasteiger partial charge in [-0.1, -0.05) is 19.8 Å². The van der Waals surface area contributed by atoms with Gasteiger partial charge in [-0.2, -0.15) is 0 Å². The summed E-state index contributed by atoms with van der Waals surface area (Å²) >= 11 is 0. The summed E-state index contributed by atoms with van der Waals surface area (Å²) in [5.41, 5.74) is 1.17. The van der Waals surface area contributed by atoms with Crippen molar-refractivity contribution in [2.45, 2.75) is 45.1 Å². The third kappa shape index (κ3) is 4.32. The third-order valence-electron chi connectivity index (χ3n) is 4.80. The van der Waals surface area contributed by atoms with Crippen LogP contribution in [0.2, 0.25) is 0 Å². The second-order valence-corrected chi connectivity index (χ2v) is 6.71. The van der Waals surface area contributed by atoms with Gasteiger partial charge >= 0.3 is 5.97 Å². The number of esters is 1. The second kappa shape index (κ2) is 7.59. The molecule has 6 heteroatoms. The molecule has 6 nitrogen and oxygen atoms in total. The standard InChI is InChI=1S/C19H23NO5/c1-12-4-2-3-5-16(12)20-18(22)11-25-19(23)8-13-10-24-17-9-14(21)6-7-15(13)17/h6-7,9-10,12,16,21H,2-5,8,11H2,1H3,(H,20,22)/t12-,16-/m0/s1. The van der Waals surface area contributed by atoms with Gasteiger partial charge in [0.1, 0.15) is 11.3 Å². The summed E-state index contributed by atoms with van der Waals surface area (Å²) in [6, 6.07) is 4.88. The fourth-order valence-electron chi connectivity index (χ4n) is 3.34. The summed E-state index contributed by atoms with van der Waals surface area (Å²) in [4.78, 5) is 24.0. The van der Waals surface area contributed by atoms with Gasteiger partial charge in [-0.15, -0.1) is 0 Å². The number of fused-ring (bicyclic) bond motifs is 1. The summed E-state index contributed by atoms with van der Waals surface area (Å²) in [6.07, 6.45) is 5.92. The summed E-state index contributed by atoms with van der Waals surface area (Å²) in [5, 5.41) is 13.1. The van der Waals surface area contributed by atoms with Crippen molar-refractivity contribution in [3.05, 3.63) is 30.0 Å². The lowest BCUT2D eigenvalue weighted by Crippen LogP contribution is -2.42. The molecular formula is C19H23NO5. The van der Waals surface area contributed by atoms with Crippen LogP contribution < -0.4 is 5.32 Å². The largest absolute Gasteiger partial charge is 0.508 e. The molecule has 1 aromatic heterocycles. The summed E-state index contributed by atoms with van der Waals surface area (Å²) in [5.74, 6) is -0.177. The number of hydrogen-bond acceptors (Lipinski definition) is 5.